The van der Waals surface area contributed by atoms with E-state index in [0.29, 0.717) is 0 Å². The van der Waals surface area contributed by atoms with Crippen LogP contribution in [0.4, 0.5) is 17.6 Å². The lowest BCUT2D eigenvalue weighted by Gasteiger charge is -2.07. The number of carbonyl (C=O) groups is 1. The fraction of sp³-hybridized carbons (Fsp3) is 0. The minimum absolute atomic E-state index is 0.131. The van der Waals surface area contributed by atoms with Crippen molar-refractivity contribution in [2.45, 2.75) is 0 Å². The van der Waals surface area contributed by atoms with Gasteiger partial charge in [-0.05, 0) is 0 Å². The molecule has 0 atom stereocenters. The summed E-state index contributed by atoms with van der Waals surface area (Å²) in [4.78, 5) is 11.9. The summed E-state index contributed by atoms with van der Waals surface area (Å²) in [7, 11) is 0. The van der Waals surface area contributed by atoms with Gasteiger partial charge in [0.15, 0.2) is 29.1 Å². The summed E-state index contributed by atoms with van der Waals surface area (Å²) in [5.41, 5.74) is -2.89. The lowest BCUT2D eigenvalue weighted by molar-refractivity contribution is 0.102. The monoisotopic (exact) mass is 279 g/mol. The summed E-state index contributed by atoms with van der Waals surface area (Å²) >= 11 is 0. The van der Waals surface area contributed by atoms with Crippen molar-refractivity contribution in [2.24, 2.45) is 0 Å². The molecule has 0 spiro atoms. The Bertz CT molecular complexity index is 706. The summed E-state index contributed by atoms with van der Waals surface area (Å²) in [5, 5.41) is 8.45. The largest absolute Gasteiger partial charge is 0.288 e. The molecule has 20 heavy (non-hydrogen) atoms. The van der Waals surface area contributed by atoms with Gasteiger partial charge in [-0.3, -0.25) is 4.79 Å². The third-order valence-corrected chi connectivity index (χ3v) is 2.64. The fourth-order valence-corrected chi connectivity index (χ4v) is 1.66. The number of halogens is 4. The number of rotatable bonds is 2. The van der Waals surface area contributed by atoms with Gasteiger partial charge in [-0.15, -0.1) is 0 Å². The van der Waals surface area contributed by atoms with Gasteiger partial charge >= 0.3 is 0 Å². The minimum atomic E-state index is -1.88. The molecule has 2 aromatic rings. The second kappa shape index (κ2) is 5.13. The third kappa shape index (κ3) is 2.03. The zero-order chi connectivity index (χ0) is 14.9. The highest BCUT2D eigenvalue weighted by Crippen LogP contribution is 2.25. The molecule has 0 radical (unpaired) electrons. The van der Waals surface area contributed by atoms with Crippen molar-refractivity contribution in [3.63, 3.8) is 0 Å². The molecule has 0 aliphatic rings. The van der Waals surface area contributed by atoms with E-state index < -0.39 is 40.2 Å². The van der Waals surface area contributed by atoms with Gasteiger partial charge in [0.1, 0.15) is 17.2 Å². The molecule has 100 valence electrons. The molecule has 0 heterocycles. The summed E-state index contributed by atoms with van der Waals surface area (Å²) in [6.07, 6.45) is 0. The lowest BCUT2D eigenvalue weighted by Crippen LogP contribution is -2.13. The molecule has 0 aliphatic carbocycles. The Morgan fingerprint density at radius 3 is 1.85 bits per heavy atom. The highest BCUT2D eigenvalue weighted by atomic mass is 19.2. The smallest absolute Gasteiger partial charge is 0.199 e. The summed E-state index contributed by atoms with van der Waals surface area (Å²) < 4.78 is 54.2. The van der Waals surface area contributed by atoms with Crippen LogP contribution >= 0.6 is 0 Å². The van der Waals surface area contributed by atoms with Crippen LogP contribution in [0.15, 0.2) is 30.3 Å². The fourth-order valence-electron chi connectivity index (χ4n) is 1.66. The van der Waals surface area contributed by atoms with Gasteiger partial charge in [0.2, 0.25) is 0 Å². The molecular formula is C14H5F4NO. The van der Waals surface area contributed by atoms with Crippen molar-refractivity contribution >= 4 is 5.78 Å². The Labute approximate surface area is 110 Å². The molecule has 6 heteroatoms. The van der Waals surface area contributed by atoms with Crippen molar-refractivity contribution in [2.75, 3.05) is 0 Å². The van der Waals surface area contributed by atoms with E-state index in [2.05, 4.69) is 0 Å². The number of carbonyl (C=O) groups excluding carboxylic acids is 1. The van der Waals surface area contributed by atoms with Crippen LogP contribution in [0.25, 0.3) is 0 Å². The van der Waals surface area contributed by atoms with Gasteiger partial charge in [0.05, 0.1) is 0 Å². The van der Waals surface area contributed by atoms with E-state index in [4.69, 9.17) is 5.26 Å². The van der Waals surface area contributed by atoms with Crippen molar-refractivity contribution in [3.05, 3.63) is 70.3 Å². The van der Waals surface area contributed by atoms with Gasteiger partial charge in [-0.2, -0.15) is 5.26 Å². The molecule has 0 N–H and O–H groups in total. The maximum absolute atomic E-state index is 13.7. The van der Waals surface area contributed by atoms with E-state index in [1.807, 2.05) is 0 Å². The molecule has 0 bridgehead atoms. The number of hydrogen-bond acceptors (Lipinski definition) is 2. The maximum atomic E-state index is 13.7. The number of nitriles is 1. The van der Waals surface area contributed by atoms with Crippen LogP contribution in [0.2, 0.25) is 0 Å². The average Bonchev–Trinajstić information content (AvgIpc) is 2.47. The Balaban J connectivity index is 2.71. The first-order valence-electron chi connectivity index (χ1n) is 5.34. The highest BCUT2D eigenvalue weighted by Gasteiger charge is 2.29. The Hall–Kier alpha value is -2.68. The lowest BCUT2D eigenvalue weighted by atomic mass is 10.00. The van der Waals surface area contributed by atoms with Crippen molar-refractivity contribution in [1.29, 1.82) is 5.26 Å². The van der Waals surface area contributed by atoms with Crippen LogP contribution in [-0.4, -0.2) is 5.78 Å². The number of nitrogens with zero attached hydrogens (tertiary/aromatic N) is 1. The van der Waals surface area contributed by atoms with E-state index in [1.54, 1.807) is 6.07 Å². The molecule has 0 saturated carbocycles. The molecule has 0 amide bonds. The first kappa shape index (κ1) is 13.7. The Morgan fingerprint density at radius 2 is 1.40 bits per heavy atom. The van der Waals surface area contributed by atoms with E-state index in [0.717, 1.165) is 6.07 Å². The summed E-state index contributed by atoms with van der Waals surface area (Å²) in [6, 6.07) is 7.92. The van der Waals surface area contributed by atoms with Crippen LogP contribution in [0, 0.1) is 34.6 Å². The second-order valence-corrected chi connectivity index (χ2v) is 3.81. The van der Waals surface area contributed by atoms with Gasteiger partial charge in [0.25, 0.3) is 0 Å². The van der Waals surface area contributed by atoms with Crippen LogP contribution < -0.4 is 0 Å². The molecule has 2 rings (SSSR count). The molecule has 0 aliphatic heterocycles. The molecule has 0 aromatic heterocycles. The predicted octanol–water partition coefficient (Wildman–Crippen LogP) is 3.35. The topological polar surface area (TPSA) is 40.9 Å². The van der Waals surface area contributed by atoms with Gasteiger partial charge in [-0.1, -0.05) is 30.3 Å². The van der Waals surface area contributed by atoms with Gasteiger partial charge in [-0.25, -0.2) is 17.6 Å². The van der Waals surface area contributed by atoms with Crippen molar-refractivity contribution in [1.82, 2.24) is 0 Å². The van der Waals surface area contributed by atoms with Crippen LogP contribution in [0.3, 0.4) is 0 Å². The molecule has 0 saturated heterocycles. The minimum Gasteiger partial charge on any atom is -0.288 e. The normalized spacial score (nSPS) is 10.2. The van der Waals surface area contributed by atoms with Crippen LogP contribution in [0.5, 0.6) is 0 Å². The number of ketones is 1. The van der Waals surface area contributed by atoms with Crippen LogP contribution in [0.1, 0.15) is 21.5 Å². The van der Waals surface area contributed by atoms with E-state index in [-0.39, 0.29) is 5.56 Å². The Morgan fingerprint density at radius 1 is 0.900 bits per heavy atom. The Kier molecular flexibility index (Phi) is 3.53. The third-order valence-electron chi connectivity index (χ3n) is 2.64. The zero-order valence-electron chi connectivity index (χ0n) is 9.75. The number of benzene rings is 2. The number of hydrogen-bond donors (Lipinski definition) is 0. The quantitative estimate of drug-likeness (QED) is 0.480. The first-order chi connectivity index (χ1) is 9.49. The van der Waals surface area contributed by atoms with Gasteiger partial charge < -0.3 is 0 Å². The van der Waals surface area contributed by atoms with E-state index >= 15 is 0 Å². The maximum Gasteiger partial charge on any atom is 0.199 e. The zero-order valence-corrected chi connectivity index (χ0v) is 9.75. The van der Waals surface area contributed by atoms with Crippen molar-refractivity contribution < 1.29 is 22.4 Å². The summed E-state index contributed by atoms with van der Waals surface area (Å²) in [5.74, 6) is -8.73. The van der Waals surface area contributed by atoms with Crippen molar-refractivity contribution in [3.8, 4) is 6.07 Å². The summed E-state index contributed by atoms with van der Waals surface area (Å²) in [6.45, 7) is 0. The molecule has 2 nitrogen and oxygen atoms in total. The van der Waals surface area contributed by atoms with Gasteiger partial charge in [0, 0.05) is 5.56 Å². The first-order valence-corrected chi connectivity index (χ1v) is 5.34. The van der Waals surface area contributed by atoms with Crippen LogP contribution in [-0.2, 0) is 0 Å². The second-order valence-electron chi connectivity index (χ2n) is 3.81. The molecule has 2 aromatic carbocycles. The molecule has 0 fully saturated rings. The average molecular weight is 279 g/mol. The molecular weight excluding hydrogens is 274 g/mol. The van der Waals surface area contributed by atoms with E-state index in [9.17, 15) is 22.4 Å². The predicted molar refractivity (Wildman–Crippen MR) is 60.9 cm³/mol. The van der Waals surface area contributed by atoms with E-state index in [1.165, 1.54) is 24.3 Å². The molecule has 0 unspecified atom stereocenters. The SMILES string of the molecule is N#Cc1c(F)c(F)c(C(=O)c2ccccc2)c(F)c1F. The standard InChI is InChI=1S/C14H5F4NO/c15-10-8(6-19)11(16)13(18)9(12(10)17)14(20)7-4-2-1-3-5-7/h1-5H. The highest BCUT2D eigenvalue weighted by molar-refractivity contribution is 6.09.